The van der Waals surface area contributed by atoms with Gasteiger partial charge in [0, 0.05) is 12.6 Å². The van der Waals surface area contributed by atoms with Gasteiger partial charge < -0.3 is 9.84 Å². The Hall–Kier alpha value is -1.94. The van der Waals surface area contributed by atoms with Crippen molar-refractivity contribution in [3.63, 3.8) is 0 Å². The molecule has 1 atom stereocenters. The second-order valence-corrected chi connectivity index (χ2v) is 5.90. The Kier molecular flexibility index (Phi) is 4.35. The third kappa shape index (κ3) is 2.83. The molecule has 1 aliphatic rings. The number of aromatic nitrogens is 3. The van der Waals surface area contributed by atoms with E-state index in [1.54, 1.807) is 0 Å². The minimum absolute atomic E-state index is 0.0358. The summed E-state index contributed by atoms with van der Waals surface area (Å²) >= 11 is 12.2. The summed E-state index contributed by atoms with van der Waals surface area (Å²) in [7, 11) is 0. The van der Waals surface area contributed by atoms with Crippen LogP contribution in [-0.4, -0.2) is 26.1 Å². The van der Waals surface area contributed by atoms with Gasteiger partial charge in [0.1, 0.15) is 18.5 Å². The molecule has 1 N–H and O–H groups in total. The van der Waals surface area contributed by atoms with Crippen LogP contribution in [0.1, 0.15) is 24.8 Å². The van der Waals surface area contributed by atoms with Crippen molar-refractivity contribution in [3.05, 3.63) is 38.5 Å². The molecule has 0 spiro atoms. The van der Waals surface area contributed by atoms with Crippen LogP contribution in [0.4, 0.5) is 0 Å². The highest BCUT2D eigenvalue weighted by Crippen LogP contribution is 2.33. The molecule has 0 saturated carbocycles. The summed E-state index contributed by atoms with van der Waals surface area (Å²) in [6, 6.07) is 2.97. The Morgan fingerprint density at radius 1 is 1.43 bits per heavy atom. The van der Waals surface area contributed by atoms with Crippen molar-refractivity contribution in [3.8, 4) is 23.8 Å². The quantitative estimate of drug-likeness (QED) is 0.858. The number of terminal acetylenes is 1. The van der Waals surface area contributed by atoms with Crippen molar-refractivity contribution in [1.82, 2.24) is 14.3 Å². The van der Waals surface area contributed by atoms with Gasteiger partial charge in [-0.25, -0.2) is 4.79 Å². The lowest BCUT2D eigenvalue weighted by Crippen LogP contribution is -2.27. The molecule has 8 heteroatoms. The number of aliphatic hydroxyl groups excluding tert-OH is 1. The molecule has 23 heavy (non-hydrogen) atoms. The molecule has 120 valence electrons. The van der Waals surface area contributed by atoms with Crippen LogP contribution in [-0.2, 0) is 6.54 Å². The molecule has 0 fully saturated rings. The number of hydrogen-bond donors (Lipinski definition) is 1. The maximum absolute atomic E-state index is 12.5. The highest BCUT2D eigenvalue weighted by atomic mass is 35.5. The topological polar surface area (TPSA) is 69.3 Å². The normalized spacial score (nSPS) is 16.7. The predicted molar refractivity (Wildman–Crippen MR) is 86.4 cm³/mol. The second kappa shape index (κ2) is 6.28. The molecule has 0 bridgehead atoms. The van der Waals surface area contributed by atoms with Crippen LogP contribution in [0.15, 0.2) is 16.9 Å². The van der Waals surface area contributed by atoms with E-state index in [1.165, 1.54) is 16.7 Å². The number of ether oxygens (including phenoxy) is 1. The zero-order valence-electron chi connectivity index (χ0n) is 12.0. The van der Waals surface area contributed by atoms with E-state index in [4.69, 9.17) is 34.4 Å². The fourth-order valence-corrected chi connectivity index (χ4v) is 3.03. The molecule has 1 aliphatic heterocycles. The molecule has 1 unspecified atom stereocenters. The molecular weight excluding hydrogens is 341 g/mol. The summed E-state index contributed by atoms with van der Waals surface area (Å²) in [6.07, 6.45) is 5.69. The smallest absolute Gasteiger partial charge is 0.350 e. The minimum atomic E-state index is -0.763. The van der Waals surface area contributed by atoms with Crippen LogP contribution in [0.3, 0.4) is 0 Å². The fraction of sp³-hybridized carbons (Fsp3) is 0.333. The van der Waals surface area contributed by atoms with Gasteiger partial charge >= 0.3 is 5.69 Å². The molecule has 2 aromatic rings. The van der Waals surface area contributed by atoms with E-state index in [1.807, 2.05) is 0 Å². The first kappa shape index (κ1) is 15.9. The van der Waals surface area contributed by atoms with Gasteiger partial charge in [-0.2, -0.15) is 4.68 Å². The van der Waals surface area contributed by atoms with Crippen LogP contribution in [0, 0.1) is 12.3 Å². The highest BCUT2D eigenvalue weighted by Gasteiger charge is 2.25. The lowest BCUT2D eigenvalue weighted by molar-refractivity contribution is 0.132. The van der Waals surface area contributed by atoms with Crippen molar-refractivity contribution in [1.29, 1.82) is 0 Å². The first-order chi connectivity index (χ1) is 11.0. The SMILES string of the molecule is C#CCOc1cc(-n2nc3n(c2=O)CCCC3O)c(Cl)cc1Cl. The van der Waals surface area contributed by atoms with Gasteiger partial charge in [0.15, 0.2) is 5.82 Å². The minimum Gasteiger partial charge on any atom is -0.479 e. The van der Waals surface area contributed by atoms with E-state index in [0.717, 1.165) is 4.68 Å². The van der Waals surface area contributed by atoms with Crippen LogP contribution in [0.5, 0.6) is 5.75 Å². The molecule has 0 radical (unpaired) electrons. The molecule has 1 aromatic heterocycles. The molecule has 0 amide bonds. The first-order valence-corrected chi connectivity index (χ1v) is 7.72. The summed E-state index contributed by atoms with van der Waals surface area (Å²) in [4.78, 5) is 12.5. The third-order valence-electron chi connectivity index (χ3n) is 3.59. The Labute approximate surface area is 142 Å². The number of hydrogen-bond acceptors (Lipinski definition) is 4. The lowest BCUT2D eigenvalue weighted by atomic mass is 10.1. The van der Waals surface area contributed by atoms with Gasteiger partial charge in [-0.1, -0.05) is 29.1 Å². The zero-order chi connectivity index (χ0) is 16.6. The average Bonchev–Trinajstić information content (AvgIpc) is 2.85. The summed E-state index contributed by atoms with van der Waals surface area (Å²) in [6.45, 7) is 0.547. The van der Waals surface area contributed by atoms with Crippen molar-refractivity contribution in [2.45, 2.75) is 25.5 Å². The van der Waals surface area contributed by atoms with E-state index < -0.39 is 6.10 Å². The van der Waals surface area contributed by atoms with Crippen molar-refractivity contribution < 1.29 is 9.84 Å². The lowest BCUT2D eigenvalue weighted by Gasteiger charge is -2.16. The van der Waals surface area contributed by atoms with Crippen LogP contribution in [0.2, 0.25) is 10.0 Å². The van der Waals surface area contributed by atoms with E-state index in [-0.39, 0.29) is 22.3 Å². The monoisotopic (exact) mass is 353 g/mol. The Bertz CT molecular complexity index is 851. The van der Waals surface area contributed by atoms with Gasteiger partial charge in [-0.05, 0) is 18.9 Å². The van der Waals surface area contributed by atoms with E-state index in [9.17, 15) is 9.90 Å². The first-order valence-electron chi connectivity index (χ1n) is 6.96. The number of fused-ring (bicyclic) bond motifs is 1. The number of benzene rings is 1. The molecule has 1 aromatic carbocycles. The summed E-state index contributed by atoms with van der Waals surface area (Å²) in [5.41, 5.74) is -0.0481. The molecule has 2 heterocycles. The number of rotatable bonds is 3. The van der Waals surface area contributed by atoms with Gasteiger partial charge in [-0.3, -0.25) is 4.57 Å². The van der Waals surface area contributed by atoms with Crippen molar-refractivity contribution in [2.24, 2.45) is 0 Å². The van der Waals surface area contributed by atoms with Crippen molar-refractivity contribution >= 4 is 23.2 Å². The standard InChI is InChI=1S/C15H13Cl2N3O3/c1-2-6-23-13-8-11(9(16)7-10(13)17)20-15(22)19-5-3-4-12(21)14(19)18-20/h1,7-8,12,21H,3-6H2. The van der Waals surface area contributed by atoms with Crippen molar-refractivity contribution in [2.75, 3.05) is 6.61 Å². The second-order valence-electron chi connectivity index (χ2n) is 5.09. The maximum Gasteiger partial charge on any atom is 0.350 e. The Morgan fingerprint density at radius 2 is 2.22 bits per heavy atom. The summed E-state index contributed by atoms with van der Waals surface area (Å²) < 4.78 is 7.93. The molecule has 3 rings (SSSR count). The predicted octanol–water partition coefficient (Wildman–Crippen LogP) is 2.18. The van der Waals surface area contributed by atoms with E-state index in [0.29, 0.717) is 36.6 Å². The average molecular weight is 354 g/mol. The van der Waals surface area contributed by atoms with Gasteiger partial charge in [-0.15, -0.1) is 11.5 Å². The van der Waals surface area contributed by atoms with Gasteiger partial charge in [0.25, 0.3) is 0 Å². The molecule has 0 aliphatic carbocycles. The number of aliphatic hydroxyl groups is 1. The maximum atomic E-state index is 12.5. The summed E-state index contributed by atoms with van der Waals surface area (Å²) in [5.74, 6) is 2.98. The van der Waals surface area contributed by atoms with Crippen LogP contribution in [0.25, 0.3) is 5.69 Å². The Morgan fingerprint density at radius 3 is 2.91 bits per heavy atom. The van der Waals surface area contributed by atoms with Gasteiger partial charge in [0.05, 0.1) is 15.7 Å². The summed E-state index contributed by atoms with van der Waals surface area (Å²) in [5, 5.41) is 14.7. The van der Waals surface area contributed by atoms with Gasteiger partial charge in [0.2, 0.25) is 0 Å². The molecule has 6 nitrogen and oxygen atoms in total. The van der Waals surface area contributed by atoms with E-state index >= 15 is 0 Å². The largest absolute Gasteiger partial charge is 0.479 e. The molecule has 0 saturated heterocycles. The number of nitrogens with zero attached hydrogens (tertiary/aromatic N) is 3. The van der Waals surface area contributed by atoms with Crippen LogP contribution < -0.4 is 10.4 Å². The Balaban J connectivity index is 2.12. The highest BCUT2D eigenvalue weighted by molar-refractivity contribution is 6.36. The zero-order valence-corrected chi connectivity index (χ0v) is 13.5. The molecular formula is C15H13Cl2N3O3. The fourth-order valence-electron chi connectivity index (χ4n) is 2.51. The van der Waals surface area contributed by atoms with Crippen LogP contribution >= 0.6 is 23.2 Å². The van der Waals surface area contributed by atoms with E-state index in [2.05, 4.69) is 11.0 Å². The number of halogens is 2. The third-order valence-corrected chi connectivity index (χ3v) is 4.19.